The van der Waals surface area contributed by atoms with Crippen LogP contribution in [0.15, 0.2) is 4.99 Å². The highest BCUT2D eigenvalue weighted by atomic mass is 127. The lowest BCUT2D eigenvalue weighted by Gasteiger charge is -2.19. The Morgan fingerprint density at radius 2 is 1.81 bits per heavy atom. The molecule has 2 N–H and O–H groups in total. The van der Waals surface area contributed by atoms with Gasteiger partial charge in [-0.2, -0.15) is 13.2 Å². The predicted octanol–water partition coefficient (Wildman–Crippen LogP) is 2.92. The van der Waals surface area contributed by atoms with Crippen molar-refractivity contribution >= 4 is 29.9 Å². The van der Waals surface area contributed by atoms with Gasteiger partial charge >= 0.3 is 6.18 Å². The van der Waals surface area contributed by atoms with Crippen LogP contribution in [-0.4, -0.2) is 81.8 Å². The van der Waals surface area contributed by atoms with Crippen molar-refractivity contribution in [3.8, 4) is 0 Å². The van der Waals surface area contributed by atoms with Crippen molar-refractivity contribution in [2.24, 2.45) is 4.99 Å². The zero-order valence-electron chi connectivity index (χ0n) is 16.2. The Hall–Kier alpha value is -0.290. The van der Waals surface area contributed by atoms with Crippen LogP contribution in [0.1, 0.15) is 38.5 Å². The second-order valence-electron chi connectivity index (χ2n) is 7.05. The van der Waals surface area contributed by atoms with Crippen LogP contribution in [-0.2, 0) is 0 Å². The fourth-order valence-electron chi connectivity index (χ4n) is 3.03. The van der Waals surface area contributed by atoms with E-state index < -0.39 is 12.7 Å². The summed E-state index contributed by atoms with van der Waals surface area (Å²) in [5.74, 6) is 0.687. The van der Waals surface area contributed by atoms with Crippen molar-refractivity contribution in [3.63, 3.8) is 0 Å². The first kappa shape index (κ1) is 25.7. The van der Waals surface area contributed by atoms with Gasteiger partial charge in [0.05, 0.1) is 6.54 Å². The lowest BCUT2D eigenvalue weighted by Crippen LogP contribution is -2.45. The average molecular weight is 493 g/mol. The molecule has 1 rings (SSSR count). The molecule has 1 aliphatic heterocycles. The van der Waals surface area contributed by atoms with Gasteiger partial charge in [-0.05, 0) is 39.9 Å². The molecule has 1 atom stereocenters. The molecule has 1 unspecified atom stereocenters. The molecular weight excluding hydrogens is 458 g/mol. The van der Waals surface area contributed by atoms with Crippen molar-refractivity contribution in [1.29, 1.82) is 0 Å². The molecule has 0 saturated carbocycles. The van der Waals surface area contributed by atoms with Gasteiger partial charge in [-0.25, -0.2) is 0 Å². The number of alkyl halides is 3. The van der Waals surface area contributed by atoms with Gasteiger partial charge in [0.15, 0.2) is 5.96 Å². The molecule has 0 aliphatic carbocycles. The highest BCUT2D eigenvalue weighted by molar-refractivity contribution is 14.0. The number of guanidine groups is 1. The van der Waals surface area contributed by atoms with E-state index in [0.717, 1.165) is 19.5 Å². The third-order valence-corrected chi connectivity index (χ3v) is 4.31. The number of unbranched alkanes of at least 4 members (excludes halogenated alkanes) is 4. The minimum absolute atomic E-state index is 0. The number of nitrogens with one attached hydrogen (secondary N) is 2. The first-order valence-corrected chi connectivity index (χ1v) is 9.21. The Labute approximate surface area is 173 Å². The van der Waals surface area contributed by atoms with Crippen LogP contribution in [0, 0.1) is 0 Å². The molecule has 1 heterocycles. The number of rotatable bonds is 10. The summed E-state index contributed by atoms with van der Waals surface area (Å²) < 4.78 is 37.3. The topological polar surface area (TPSA) is 42.9 Å². The maximum atomic E-state index is 12.4. The van der Waals surface area contributed by atoms with Gasteiger partial charge in [-0.1, -0.05) is 19.3 Å². The second kappa shape index (κ2) is 13.8. The maximum absolute atomic E-state index is 12.4. The summed E-state index contributed by atoms with van der Waals surface area (Å²) in [6, 6.07) is 0.0274. The van der Waals surface area contributed by atoms with Crippen LogP contribution >= 0.6 is 24.0 Å². The lowest BCUT2D eigenvalue weighted by atomic mass is 10.1. The molecule has 5 nitrogen and oxygen atoms in total. The molecule has 0 aromatic heterocycles. The third kappa shape index (κ3) is 13.0. The smallest absolute Gasteiger partial charge is 0.356 e. The summed E-state index contributed by atoms with van der Waals surface area (Å²) in [6.07, 6.45) is 2.57. The van der Waals surface area contributed by atoms with Crippen LogP contribution in [0.4, 0.5) is 13.2 Å². The first-order chi connectivity index (χ1) is 11.8. The molecule has 1 aliphatic rings. The Balaban J connectivity index is 0.00000625. The summed E-state index contributed by atoms with van der Waals surface area (Å²) in [5, 5.41) is 6.49. The van der Waals surface area contributed by atoms with Crippen molar-refractivity contribution < 1.29 is 13.2 Å². The van der Waals surface area contributed by atoms with Crippen molar-refractivity contribution in [2.45, 2.75) is 50.7 Å². The van der Waals surface area contributed by atoms with E-state index in [-0.39, 0.29) is 30.0 Å². The molecule has 0 aromatic carbocycles. The van der Waals surface area contributed by atoms with Gasteiger partial charge in [0.1, 0.15) is 0 Å². The molecule has 0 aromatic rings. The van der Waals surface area contributed by atoms with Crippen molar-refractivity contribution in [3.05, 3.63) is 0 Å². The van der Waals surface area contributed by atoms with E-state index in [1.54, 1.807) is 7.05 Å². The van der Waals surface area contributed by atoms with E-state index in [4.69, 9.17) is 0 Å². The Bertz CT molecular complexity index is 391. The number of hydrogen-bond acceptors (Lipinski definition) is 3. The maximum Gasteiger partial charge on any atom is 0.401 e. The third-order valence-electron chi connectivity index (χ3n) is 4.31. The van der Waals surface area contributed by atoms with E-state index in [1.807, 2.05) is 0 Å². The Morgan fingerprint density at radius 3 is 2.42 bits per heavy atom. The summed E-state index contributed by atoms with van der Waals surface area (Å²) in [5.41, 5.74) is 0. The first-order valence-electron chi connectivity index (χ1n) is 9.21. The van der Waals surface area contributed by atoms with Gasteiger partial charge in [-0.3, -0.25) is 9.89 Å². The van der Waals surface area contributed by atoms with Crippen molar-refractivity contribution in [1.82, 2.24) is 20.4 Å². The quantitative estimate of drug-likeness (QED) is 0.213. The zero-order chi connectivity index (χ0) is 18.7. The molecule has 1 saturated heterocycles. The van der Waals surface area contributed by atoms with E-state index in [9.17, 15) is 13.2 Å². The minimum atomic E-state index is -4.12. The zero-order valence-corrected chi connectivity index (χ0v) is 18.6. The highest BCUT2D eigenvalue weighted by Gasteiger charge is 2.34. The molecule has 1 fully saturated rings. The standard InChI is InChI=1S/C17H34F3N5.HI/c1-21-16(22-10-7-5-4-6-8-11-24(2)3)23-15-9-12-25(13-15)14-17(18,19)20;/h15H,4-14H2,1-3H3,(H2,21,22,23);1H. The summed E-state index contributed by atoms with van der Waals surface area (Å²) in [4.78, 5) is 7.81. The van der Waals surface area contributed by atoms with Crippen LogP contribution in [0.2, 0.25) is 0 Å². The highest BCUT2D eigenvalue weighted by Crippen LogP contribution is 2.19. The fraction of sp³-hybridized carbons (Fsp3) is 0.941. The molecule has 0 spiro atoms. The van der Waals surface area contributed by atoms with Gasteiger partial charge in [0, 0.05) is 32.7 Å². The molecule has 9 heteroatoms. The molecule has 0 bridgehead atoms. The van der Waals surface area contributed by atoms with E-state index in [0.29, 0.717) is 25.5 Å². The van der Waals surface area contributed by atoms with Gasteiger partial charge in [0.25, 0.3) is 0 Å². The molecule has 26 heavy (non-hydrogen) atoms. The summed E-state index contributed by atoms with van der Waals surface area (Å²) in [6.45, 7) is 2.03. The van der Waals surface area contributed by atoms with E-state index in [1.165, 1.54) is 30.6 Å². The van der Waals surface area contributed by atoms with Crippen LogP contribution in [0.3, 0.4) is 0 Å². The van der Waals surface area contributed by atoms with Crippen LogP contribution in [0.5, 0.6) is 0 Å². The Kier molecular flexibility index (Phi) is 13.7. The SMILES string of the molecule is CN=C(NCCCCCCCN(C)C)NC1CCN(CC(F)(F)F)C1.I. The predicted molar refractivity (Wildman–Crippen MR) is 112 cm³/mol. The summed E-state index contributed by atoms with van der Waals surface area (Å²) >= 11 is 0. The number of aliphatic imine (C=N–C) groups is 1. The monoisotopic (exact) mass is 493 g/mol. The van der Waals surface area contributed by atoms with Crippen LogP contribution in [0.25, 0.3) is 0 Å². The average Bonchev–Trinajstić information content (AvgIpc) is 2.93. The minimum Gasteiger partial charge on any atom is -0.356 e. The Morgan fingerprint density at radius 1 is 1.15 bits per heavy atom. The van der Waals surface area contributed by atoms with Gasteiger partial charge in [-0.15, -0.1) is 24.0 Å². The molecule has 0 radical (unpaired) electrons. The molecule has 0 amide bonds. The van der Waals surface area contributed by atoms with E-state index >= 15 is 0 Å². The number of likely N-dealkylation sites (tertiary alicyclic amines) is 1. The number of nitrogens with zero attached hydrogens (tertiary/aromatic N) is 3. The molecule has 156 valence electrons. The number of halogens is 4. The summed E-state index contributed by atoms with van der Waals surface area (Å²) in [7, 11) is 5.88. The van der Waals surface area contributed by atoms with Crippen molar-refractivity contribution in [2.75, 3.05) is 53.9 Å². The largest absolute Gasteiger partial charge is 0.401 e. The van der Waals surface area contributed by atoms with Gasteiger partial charge in [0.2, 0.25) is 0 Å². The van der Waals surface area contributed by atoms with E-state index in [2.05, 4.69) is 34.6 Å². The lowest BCUT2D eigenvalue weighted by molar-refractivity contribution is -0.143. The second-order valence-corrected chi connectivity index (χ2v) is 7.05. The number of hydrogen-bond donors (Lipinski definition) is 2. The fourth-order valence-corrected chi connectivity index (χ4v) is 3.03. The normalized spacial score (nSPS) is 18.9. The van der Waals surface area contributed by atoms with Crippen LogP contribution < -0.4 is 10.6 Å². The van der Waals surface area contributed by atoms with Gasteiger partial charge < -0.3 is 15.5 Å². The molecular formula is C17H35F3IN5.